The molecule has 1 aliphatic heterocycles. The molecule has 9 nitrogen and oxygen atoms in total. The number of rotatable bonds is 7. The zero-order valence-corrected chi connectivity index (χ0v) is 18.1. The van der Waals surface area contributed by atoms with Gasteiger partial charge in [-0.3, -0.25) is 4.79 Å². The van der Waals surface area contributed by atoms with Crippen LogP contribution in [0, 0.1) is 0 Å². The number of hydrogen-bond acceptors (Lipinski definition) is 7. The molecule has 0 saturated carbocycles. The van der Waals surface area contributed by atoms with Gasteiger partial charge in [-0.1, -0.05) is 41.6 Å². The van der Waals surface area contributed by atoms with E-state index in [0.717, 1.165) is 24.2 Å². The van der Waals surface area contributed by atoms with Crippen LogP contribution in [0.15, 0.2) is 71.4 Å². The Morgan fingerprint density at radius 2 is 1.76 bits per heavy atom. The summed E-state index contributed by atoms with van der Waals surface area (Å²) >= 11 is 0. The lowest BCUT2D eigenvalue weighted by Gasteiger charge is -2.30. The molecule has 0 unspecified atom stereocenters. The Morgan fingerprint density at radius 3 is 2.52 bits per heavy atom. The van der Waals surface area contributed by atoms with Crippen molar-refractivity contribution in [1.29, 1.82) is 0 Å². The summed E-state index contributed by atoms with van der Waals surface area (Å²) in [6, 6.07) is 19.1. The number of carbonyl (C=O) groups is 1. The van der Waals surface area contributed by atoms with Crippen molar-refractivity contribution in [2.24, 2.45) is 0 Å². The lowest BCUT2D eigenvalue weighted by atomic mass is 9.97. The van der Waals surface area contributed by atoms with Gasteiger partial charge in [0.25, 0.3) is 5.91 Å². The van der Waals surface area contributed by atoms with E-state index < -0.39 is 0 Å². The summed E-state index contributed by atoms with van der Waals surface area (Å²) in [5, 5.41) is 12.9. The molecule has 33 heavy (non-hydrogen) atoms. The molecule has 1 amide bonds. The molecule has 168 valence electrons. The van der Waals surface area contributed by atoms with Gasteiger partial charge in [0.2, 0.25) is 5.89 Å². The van der Waals surface area contributed by atoms with Crippen molar-refractivity contribution in [2.45, 2.75) is 25.2 Å². The van der Waals surface area contributed by atoms with Crippen molar-refractivity contribution >= 4 is 5.91 Å². The average Bonchev–Trinajstić information content (AvgIpc) is 3.54. The van der Waals surface area contributed by atoms with Gasteiger partial charge in [-0.25, -0.2) is 0 Å². The third-order valence-corrected chi connectivity index (χ3v) is 5.65. The minimum absolute atomic E-state index is 0.00924. The fourth-order valence-electron chi connectivity index (χ4n) is 3.86. The Labute approximate surface area is 191 Å². The van der Waals surface area contributed by atoms with Gasteiger partial charge in [0.15, 0.2) is 12.4 Å². The van der Waals surface area contributed by atoms with Gasteiger partial charge in [0, 0.05) is 19.0 Å². The number of hydrogen-bond donors (Lipinski definition) is 0. The van der Waals surface area contributed by atoms with Crippen LogP contribution in [0.5, 0.6) is 5.75 Å². The lowest BCUT2D eigenvalue weighted by Crippen LogP contribution is -2.40. The number of ether oxygens (including phenoxy) is 1. The van der Waals surface area contributed by atoms with Crippen LogP contribution >= 0.6 is 0 Å². The van der Waals surface area contributed by atoms with Crippen LogP contribution in [0.2, 0.25) is 0 Å². The minimum Gasteiger partial charge on any atom is -0.484 e. The Hall–Kier alpha value is -4.01. The number of aromatic nitrogens is 5. The summed E-state index contributed by atoms with van der Waals surface area (Å²) in [6.07, 6.45) is 3.72. The Kier molecular flexibility index (Phi) is 6.10. The molecule has 0 spiro atoms. The summed E-state index contributed by atoms with van der Waals surface area (Å²) in [5.41, 5.74) is 1.66. The SMILES string of the molecule is O=C(COc1ccccc1)N1CCC(c2nc(Cc3cnn(-c4ccccc4)n3)no2)CC1. The average molecular weight is 444 g/mol. The number of para-hydroxylation sites is 2. The quantitative estimate of drug-likeness (QED) is 0.432. The molecule has 2 aromatic heterocycles. The maximum Gasteiger partial charge on any atom is 0.260 e. The Balaban J connectivity index is 1.12. The van der Waals surface area contributed by atoms with Gasteiger partial charge in [0.1, 0.15) is 5.75 Å². The topological polar surface area (TPSA) is 99.2 Å². The molecular weight excluding hydrogens is 420 g/mol. The van der Waals surface area contributed by atoms with E-state index >= 15 is 0 Å². The third kappa shape index (κ3) is 5.08. The molecule has 9 heteroatoms. The highest BCUT2D eigenvalue weighted by atomic mass is 16.5. The molecule has 0 atom stereocenters. The van der Waals surface area contributed by atoms with Gasteiger partial charge >= 0.3 is 0 Å². The fourth-order valence-corrected chi connectivity index (χ4v) is 3.86. The first-order valence-corrected chi connectivity index (χ1v) is 11.0. The highest BCUT2D eigenvalue weighted by Crippen LogP contribution is 2.27. The van der Waals surface area contributed by atoms with Crippen LogP contribution in [0.3, 0.4) is 0 Å². The molecule has 1 aliphatic rings. The van der Waals surface area contributed by atoms with Crippen molar-refractivity contribution in [3.8, 4) is 11.4 Å². The van der Waals surface area contributed by atoms with Crippen LogP contribution < -0.4 is 4.74 Å². The van der Waals surface area contributed by atoms with Crippen molar-refractivity contribution in [2.75, 3.05) is 19.7 Å². The minimum atomic E-state index is -0.00924. The van der Waals surface area contributed by atoms with Crippen LogP contribution in [0.4, 0.5) is 0 Å². The molecule has 0 aliphatic carbocycles. The number of nitrogens with zero attached hydrogens (tertiary/aromatic N) is 6. The normalized spacial score (nSPS) is 14.4. The second kappa shape index (κ2) is 9.64. The Morgan fingerprint density at radius 1 is 1.03 bits per heavy atom. The van der Waals surface area contributed by atoms with E-state index in [0.29, 0.717) is 37.0 Å². The van der Waals surface area contributed by atoms with Crippen molar-refractivity contribution < 1.29 is 14.1 Å². The van der Waals surface area contributed by atoms with E-state index in [2.05, 4.69) is 20.3 Å². The molecule has 4 aromatic rings. The Bertz CT molecular complexity index is 1180. The largest absolute Gasteiger partial charge is 0.484 e. The van der Waals surface area contributed by atoms with E-state index in [1.54, 1.807) is 11.0 Å². The fraction of sp³-hybridized carbons (Fsp3) is 0.292. The van der Waals surface area contributed by atoms with Gasteiger partial charge in [-0.2, -0.15) is 20.0 Å². The first-order chi connectivity index (χ1) is 16.2. The zero-order chi connectivity index (χ0) is 22.5. The summed E-state index contributed by atoms with van der Waals surface area (Å²) in [5.74, 6) is 2.03. The molecule has 3 heterocycles. The first-order valence-electron chi connectivity index (χ1n) is 11.0. The van der Waals surface area contributed by atoms with Crippen LogP contribution in [0.25, 0.3) is 5.69 Å². The van der Waals surface area contributed by atoms with Crippen LogP contribution in [-0.4, -0.2) is 55.6 Å². The van der Waals surface area contributed by atoms with Crippen LogP contribution in [0.1, 0.15) is 36.2 Å². The molecular formula is C24H24N6O3. The van der Waals surface area contributed by atoms with Gasteiger partial charge in [-0.15, -0.1) is 0 Å². The van der Waals surface area contributed by atoms with E-state index in [-0.39, 0.29) is 18.4 Å². The van der Waals surface area contributed by atoms with Gasteiger partial charge in [-0.05, 0) is 37.1 Å². The van der Waals surface area contributed by atoms with Crippen molar-refractivity contribution in [3.63, 3.8) is 0 Å². The monoisotopic (exact) mass is 444 g/mol. The van der Waals surface area contributed by atoms with E-state index in [4.69, 9.17) is 9.26 Å². The molecule has 5 rings (SSSR count). The maximum atomic E-state index is 12.5. The number of piperidine rings is 1. The third-order valence-electron chi connectivity index (χ3n) is 5.65. The summed E-state index contributed by atoms with van der Waals surface area (Å²) in [6.45, 7) is 1.33. The number of carbonyl (C=O) groups excluding carboxylic acids is 1. The molecule has 2 aromatic carbocycles. The predicted molar refractivity (Wildman–Crippen MR) is 119 cm³/mol. The van der Waals surface area contributed by atoms with Crippen molar-refractivity contribution in [3.05, 3.63) is 84.3 Å². The maximum absolute atomic E-state index is 12.5. The number of amides is 1. The lowest BCUT2D eigenvalue weighted by molar-refractivity contribution is -0.134. The predicted octanol–water partition coefficient (Wildman–Crippen LogP) is 3.03. The summed E-state index contributed by atoms with van der Waals surface area (Å²) < 4.78 is 11.1. The van der Waals surface area contributed by atoms with Crippen LogP contribution in [-0.2, 0) is 11.2 Å². The van der Waals surface area contributed by atoms with Gasteiger partial charge in [0.05, 0.1) is 24.0 Å². The molecule has 1 saturated heterocycles. The molecule has 0 N–H and O–H groups in total. The highest BCUT2D eigenvalue weighted by molar-refractivity contribution is 5.77. The van der Waals surface area contributed by atoms with E-state index in [1.807, 2.05) is 65.6 Å². The zero-order valence-electron chi connectivity index (χ0n) is 18.1. The van der Waals surface area contributed by atoms with E-state index in [1.165, 1.54) is 0 Å². The smallest absolute Gasteiger partial charge is 0.260 e. The summed E-state index contributed by atoms with van der Waals surface area (Å²) in [7, 11) is 0. The van der Waals surface area contributed by atoms with Gasteiger partial charge < -0.3 is 14.2 Å². The number of likely N-dealkylation sites (tertiary alicyclic amines) is 1. The summed E-state index contributed by atoms with van der Waals surface area (Å²) in [4.78, 5) is 20.5. The van der Waals surface area contributed by atoms with Crippen molar-refractivity contribution in [1.82, 2.24) is 30.0 Å². The molecule has 0 radical (unpaired) electrons. The second-order valence-electron chi connectivity index (χ2n) is 7.94. The number of benzene rings is 2. The standard InChI is InChI=1S/C24H24N6O3/c31-23(17-32-21-9-5-2-6-10-21)29-13-11-18(12-14-29)24-26-22(28-33-24)15-19-16-25-30(27-19)20-7-3-1-4-8-20/h1-10,16,18H,11-15,17H2. The highest BCUT2D eigenvalue weighted by Gasteiger charge is 2.27. The van der Waals surface area contributed by atoms with E-state index in [9.17, 15) is 4.79 Å². The molecule has 0 bridgehead atoms. The first kappa shape index (κ1) is 20.9. The molecule has 1 fully saturated rings. The second-order valence-corrected chi connectivity index (χ2v) is 7.94.